The van der Waals surface area contributed by atoms with E-state index in [0.717, 1.165) is 30.6 Å². The summed E-state index contributed by atoms with van der Waals surface area (Å²) < 4.78 is 0. The number of carboxylic acids is 1. The van der Waals surface area contributed by atoms with E-state index >= 15 is 0 Å². The van der Waals surface area contributed by atoms with Gasteiger partial charge in [-0.05, 0) is 36.6 Å². The summed E-state index contributed by atoms with van der Waals surface area (Å²) >= 11 is 0. The first kappa shape index (κ1) is 16.5. The maximum Gasteiger partial charge on any atom is 0.311 e. The van der Waals surface area contributed by atoms with Crippen LogP contribution >= 0.6 is 0 Å². The van der Waals surface area contributed by atoms with Crippen LogP contribution in [0.25, 0.3) is 0 Å². The van der Waals surface area contributed by atoms with E-state index in [9.17, 15) is 9.90 Å². The quantitative estimate of drug-likeness (QED) is 0.801. The molecular formula is C21H23NO2. The van der Waals surface area contributed by atoms with E-state index in [2.05, 4.69) is 11.9 Å². The molecule has 2 N–H and O–H groups in total. The van der Waals surface area contributed by atoms with Crippen LogP contribution in [0.4, 0.5) is 0 Å². The number of hydrogen-bond donors (Lipinski definition) is 2. The lowest BCUT2D eigenvalue weighted by atomic mass is 9.58. The lowest BCUT2D eigenvalue weighted by molar-refractivity contribution is -0.142. The molecule has 3 rings (SSSR count). The maximum atomic E-state index is 12.2. The number of benzene rings is 2. The van der Waals surface area contributed by atoms with Crippen molar-refractivity contribution in [3.05, 3.63) is 84.4 Å². The highest BCUT2D eigenvalue weighted by atomic mass is 16.4. The Hall–Kier alpha value is -2.39. The topological polar surface area (TPSA) is 49.3 Å². The van der Waals surface area contributed by atoms with E-state index < -0.39 is 17.3 Å². The van der Waals surface area contributed by atoms with Gasteiger partial charge in [-0.1, -0.05) is 66.7 Å². The highest BCUT2D eigenvalue weighted by molar-refractivity contribution is 5.76. The van der Waals surface area contributed by atoms with Crippen molar-refractivity contribution in [3.63, 3.8) is 0 Å². The van der Waals surface area contributed by atoms with Crippen molar-refractivity contribution >= 4 is 5.97 Å². The van der Waals surface area contributed by atoms with Crippen LogP contribution in [0, 0.1) is 11.8 Å². The number of aliphatic carboxylic acids is 1. The largest absolute Gasteiger partial charge is 0.481 e. The number of carboxylic acid groups (broad SMARTS) is 1. The molecule has 1 aliphatic rings. The second kappa shape index (κ2) is 7.02. The molecule has 3 heteroatoms. The second-order valence-electron chi connectivity index (χ2n) is 6.34. The molecule has 0 aliphatic carbocycles. The van der Waals surface area contributed by atoms with Crippen molar-refractivity contribution in [2.45, 2.75) is 11.8 Å². The van der Waals surface area contributed by atoms with Crippen LogP contribution < -0.4 is 5.32 Å². The smallest absolute Gasteiger partial charge is 0.311 e. The van der Waals surface area contributed by atoms with Gasteiger partial charge in [0, 0.05) is 5.41 Å². The van der Waals surface area contributed by atoms with Gasteiger partial charge in [0.2, 0.25) is 0 Å². The molecule has 124 valence electrons. The molecule has 2 aromatic carbocycles. The first-order valence-corrected chi connectivity index (χ1v) is 8.38. The highest BCUT2D eigenvalue weighted by Crippen LogP contribution is 2.48. The third kappa shape index (κ3) is 2.65. The summed E-state index contributed by atoms with van der Waals surface area (Å²) in [6, 6.07) is 20.1. The van der Waals surface area contributed by atoms with Crippen LogP contribution in [0.2, 0.25) is 0 Å². The zero-order valence-electron chi connectivity index (χ0n) is 13.7. The van der Waals surface area contributed by atoms with Gasteiger partial charge in [-0.2, -0.15) is 0 Å². The predicted molar refractivity (Wildman–Crippen MR) is 96.0 cm³/mol. The molecule has 1 unspecified atom stereocenters. The van der Waals surface area contributed by atoms with Gasteiger partial charge in [0.1, 0.15) is 0 Å². The predicted octanol–water partition coefficient (Wildman–Crippen LogP) is 3.47. The highest BCUT2D eigenvalue weighted by Gasteiger charge is 2.50. The Bertz CT molecular complexity index is 651. The summed E-state index contributed by atoms with van der Waals surface area (Å²) in [5.41, 5.74) is 1.45. The summed E-state index contributed by atoms with van der Waals surface area (Å²) in [5.74, 6) is -1.32. The molecule has 0 bridgehead atoms. The zero-order valence-corrected chi connectivity index (χ0v) is 13.7. The van der Waals surface area contributed by atoms with Gasteiger partial charge in [-0.25, -0.2) is 0 Å². The molecule has 1 saturated heterocycles. The van der Waals surface area contributed by atoms with Crippen molar-refractivity contribution in [1.82, 2.24) is 5.32 Å². The molecule has 1 heterocycles. The Balaban J connectivity index is 2.31. The van der Waals surface area contributed by atoms with Gasteiger partial charge >= 0.3 is 5.97 Å². The lowest BCUT2D eigenvalue weighted by Gasteiger charge is -2.43. The van der Waals surface area contributed by atoms with Crippen LogP contribution in [0.15, 0.2) is 73.3 Å². The molecule has 0 radical (unpaired) electrons. The minimum Gasteiger partial charge on any atom is -0.481 e. The van der Waals surface area contributed by atoms with Crippen LogP contribution in [0.5, 0.6) is 0 Å². The lowest BCUT2D eigenvalue weighted by Crippen LogP contribution is -2.47. The van der Waals surface area contributed by atoms with Gasteiger partial charge in [0.25, 0.3) is 0 Å². The van der Waals surface area contributed by atoms with Gasteiger partial charge in [-0.3, -0.25) is 4.79 Å². The Kier molecular flexibility index (Phi) is 4.81. The molecule has 0 spiro atoms. The van der Waals surface area contributed by atoms with Gasteiger partial charge < -0.3 is 10.4 Å². The zero-order chi connectivity index (χ0) is 17.0. The molecule has 1 fully saturated rings. The number of rotatable bonds is 6. The summed E-state index contributed by atoms with van der Waals surface area (Å²) in [7, 11) is 0. The van der Waals surface area contributed by atoms with E-state index in [1.807, 2.05) is 60.7 Å². The third-order valence-electron chi connectivity index (χ3n) is 5.20. The van der Waals surface area contributed by atoms with Crippen LogP contribution in [-0.2, 0) is 10.2 Å². The van der Waals surface area contributed by atoms with E-state index in [1.54, 1.807) is 6.08 Å². The van der Waals surface area contributed by atoms with Crippen LogP contribution in [-0.4, -0.2) is 24.2 Å². The van der Waals surface area contributed by atoms with E-state index in [0.29, 0.717) is 0 Å². The van der Waals surface area contributed by atoms with Crippen LogP contribution in [0.3, 0.4) is 0 Å². The molecule has 1 aliphatic heterocycles. The molecule has 3 nitrogen and oxygen atoms in total. The van der Waals surface area contributed by atoms with Crippen molar-refractivity contribution in [3.8, 4) is 0 Å². The van der Waals surface area contributed by atoms with Crippen molar-refractivity contribution in [2.24, 2.45) is 11.8 Å². The average Bonchev–Trinajstić information content (AvgIpc) is 3.15. The average molecular weight is 321 g/mol. The Labute approximate surface area is 143 Å². The monoisotopic (exact) mass is 321 g/mol. The summed E-state index contributed by atoms with van der Waals surface area (Å²) in [4.78, 5) is 12.2. The third-order valence-corrected chi connectivity index (χ3v) is 5.20. The Morgan fingerprint density at radius 3 is 2.04 bits per heavy atom. The van der Waals surface area contributed by atoms with Crippen molar-refractivity contribution < 1.29 is 9.90 Å². The Morgan fingerprint density at radius 1 is 1.12 bits per heavy atom. The van der Waals surface area contributed by atoms with Gasteiger partial charge in [-0.15, -0.1) is 6.58 Å². The normalized spacial score (nSPS) is 18.9. The van der Waals surface area contributed by atoms with Crippen LogP contribution in [0.1, 0.15) is 17.5 Å². The molecule has 0 aromatic heterocycles. The fourth-order valence-electron chi connectivity index (χ4n) is 4.20. The van der Waals surface area contributed by atoms with E-state index in [4.69, 9.17) is 0 Å². The fraction of sp³-hybridized carbons (Fsp3) is 0.286. The van der Waals surface area contributed by atoms with Gasteiger partial charge in [0.15, 0.2) is 0 Å². The van der Waals surface area contributed by atoms with E-state index in [-0.39, 0.29) is 5.92 Å². The fourth-order valence-corrected chi connectivity index (χ4v) is 4.20. The molecule has 2 atom stereocenters. The molecule has 24 heavy (non-hydrogen) atoms. The molecule has 2 aromatic rings. The molecule has 0 amide bonds. The molecular weight excluding hydrogens is 298 g/mol. The summed E-state index contributed by atoms with van der Waals surface area (Å²) in [6.45, 7) is 5.59. The number of carbonyl (C=O) groups is 1. The summed E-state index contributed by atoms with van der Waals surface area (Å²) in [6.07, 6.45) is 2.54. The second-order valence-corrected chi connectivity index (χ2v) is 6.34. The van der Waals surface area contributed by atoms with Crippen molar-refractivity contribution in [1.29, 1.82) is 0 Å². The minimum atomic E-state index is -0.829. The first-order chi connectivity index (χ1) is 11.7. The standard InChI is InChI=1S/C21H23NO2/c1-2-19(20(23)24)21(18-13-14-22-15-18,16-9-5-3-6-10-16)17-11-7-4-8-12-17/h2-12,18-19,22H,1,13-15H2,(H,23,24)/t18-,19?/m1/s1. The van der Waals surface area contributed by atoms with Gasteiger partial charge in [0.05, 0.1) is 5.92 Å². The minimum absolute atomic E-state index is 0.196. The summed E-state index contributed by atoms with van der Waals surface area (Å²) in [5, 5.41) is 13.4. The first-order valence-electron chi connectivity index (χ1n) is 8.38. The van der Waals surface area contributed by atoms with Crippen molar-refractivity contribution in [2.75, 3.05) is 13.1 Å². The van der Waals surface area contributed by atoms with E-state index in [1.165, 1.54) is 0 Å². The SMILES string of the molecule is C=CC(C(=O)O)C(c1ccccc1)(c1ccccc1)[C@@H]1CCNC1. The number of hydrogen-bond acceptors (Lipinski definition) is 2. The number of nitrogens with one attached hydrogen (secondary N) is 1. The maximum absolute atomic E-state index is 12.2. The Morgan fingerprint density at radius 2 is 1.67 bits per heavy atom. The molecule has 0 saturated carbocycles.